The maximum atomic E-state index is 12.6. The average molecular weight is 1580 g/mol. The van der Waals surface area contributed by atoms with Crippen LogP contribution in [-0.2, 0) is 68.5 Å². The maximum absolute atomic E-state index is 12.6. The van der Waals surface area contributed by atoms with Gasteiger partial charge in [0.1, 0.15) is 23.0 Å². The number of thioether (sulfide) groups is 2. The number of ether oxygens (including phenoxy) is 7. The van der Waals surface area contributed by atoms with Gasteiger partial charge in [0, 0.05) is 135 Å². The number of pyridine rings is 1. The summed E-state index contributed by atoms with van der Waals surface area (Å²) in [5.41, 5.74) is 8.31. The van der Waals surface area contributed by atoms with Crippen molar-refractivity contribution in [1.29, 1.82) is 0 Å². The molecule has 0 radical (unpaired) electrons. The highest BCUT2D eigenvalue weighted by Crippen LogP contribution is 2.42. The summed E-state index contributed by atoms with van der Waals surface area (Å²) in [6.07, 6.45) is 18.4. The monoisotopic (exact) mass is 1580 g/mol. The van der Waals surface area contributed by atoms with Gasteiger partial charge in [0.05, 0.1) is 49.8 Å². The van der Waals surface area contributed by atoms with Crippen molar-refractivity contribution in [3.8, 4) is 22.6 Å². The molecular formula is C91H113N5O15S2. The van der Waals surface area contributed by atoms with Crippen molar-refractivity contribution in [3.05, 3.63) is 222 Å². The van der Waals surface area contributed by atoms with Crippen molar-refractivity contribution in [1.82, 2.24) is 20.6 Å². The van der Waals surface area contributed by atoms with Crippen molar-refractivity contribution in [2.45, 2.75) is 247 Å². The molecule has 3 saturated heterocycles. The van der Waals surface area contributed by atoms with Gasteiger partial charge < -0.3 is 58.6 Å². The van der Waals surface area contributed by atoms with Gasteiger partial charge in [-0.05, 0) is 85.0 Å². The van der Waals surface area contributed by atoms with E-state index in [9.17, 15) is 33.9 Å². The number of unbranched alkanes of at least 4 members (excludes halogenated alkanes) is 9. The molecule has 9 atom stereocenters. The number of ketones is 3. The van der Waals surface area contributed by atoms with Crippen molar-refractivity contribution in [3.63, 3.8) is 0 Å². The Morgan fingerprint density at radius 2 is 0.867 bits per heavy atom. The van der Waals surface area contributed by atoms with Crippen molar-refractivity contribution >= 4 is 64.3 Å². The quantitative estimate of drug-likeness (QED) is 0.0205. The van der Waals surface area contributed by atoms with Gasteiger partial charge in [-0.25, -0.2) is 4.98 Å². The van der Waals surface area contributed by atoms with Gasteiger partial charge in [-0.3, -0.25) is 33.8 Å². The molecule has 0 bridgehead atoms. The van der Waals surface area contributed by atoms with Gasteiger partial charge in [-0.15, -0.1) is 11.8 Å². The van der Waals surface area contributed by atoms with E-state index in [1.807, 2.05) is 203 Å². The lowest BCUT2D eigenvalue weighted by Crippen LogP contribution is -2.46. The Balaban J connectivity index is 0.000000207. The first-order chi connectivity index (χ1) is 55.2. The van der Waals surface area contributed by atoms with Crippen molar-refractivity contribution in [2.24, 2.45) is 0 Å². The highest BCUT2D eigenvalue weighted by Gasteiger charge is 2.36. The van der Waals surface area contributed by atoms with Crippen molar-refractivity contribution in [2.75, 3.05) is 30.5 Å². The van der Waals surface area contributed by atoms with E-state index in [1.54, 1.807) is 31.3 Å². The minimum Gasteiger partial charge on any atom is -0.431 e. The van der Waals surface area contributed by atoms with E-state index < -0.39 is 19.1 Å². The number of carbonyl (C=O) groups is 6. The van der Waals surface area contributed by atoms with Crippen LogP contribution in [0.4, 0.5) is 5.69 Å². The van der Waals surface area contributed by atoms with E-state index in [4.69, 9.17) is 42.6 Å². The Bertz CT molecular complexity index is 4020. The van der Waals surface area contributed by atoms with Crippen LogP contribution < -0.4 is 16.0 Å². The van der Waals surface area contributed by atoms with Gasteiger partial charge in [0.2, 0.25) is 30.5 Å². The number of hydrogen-bond acceptors (Lipinski definition) is 19. The summed E-state index contributed by atoms with van der Waals surface area (Å²) in [6.45, 7) is 6.11. The lowest BCUT2D eigenvalue weighted by Gasteiger charge is -2.36. The first-order valence-corrected chi connectivity index (χ1v) is 42.2. The number of nitrogens with zero attached hydrogens (tertiary/aromatic N) is 2. The van der Waals surface area contributed by atoms with Crippen molar-refractivity contribution < 1.29 is 71.4 Å². The summed E-state index contributed by atoms with van der Waals surface area (Å²) in [5, 5.41) is 18.9. The molecule has 3 amide bonds. The van der Waals surface area contributed by atoms with Gasteiger partial charge >= 0.3 is 0 Å². The molecule has 9 unspecified atom stereocenters. The Kier molecular flexibility index (Phi) is 39.1. The molecule has 2 aromatic heterocycles. The smallest absolute Gasteiger partial charge is 0.256 e. The van der Waals surface area contributed by atoms with Crippen LogP contribution in [0.15, 0.2) is 209 Å². The molecule has 22 heteroatoms. The molecule has 4 N–H and O–H groups in total. The Morgan fingerprint density at radius 3 is 1.36 bits per heavy atom. The summed E-state index contributed by atoms with van der Waals surface area (Å²) in [5.74, 6) is 2.83. The number of rotatable bonds is 42. The Labute approximate surface area is 675 Å². The zero-order valence-electron chi connectivity index (χ0n) is 65.8. The minimum absolute atomic E-state index is 0.0208. The van der Waals surface area contributed by atoms with E-state index in [-0.39, 0.29) is 61.0 Å². The van der Waals surface area contributed by atoms with Crippen LogP contribution in [0.25, 0.3) is 22.6 Å². The van der Waals surface area contributed by atoms with Crippen LogP contribution in [0.1, 0.15) is 227 Å². The Hall–Kier alpha value is -8.52. The normalized spacial score (nSPS) is 19.3. The third-order valence-corrected chi connectivity index (χ3v) is 21.8. The number of carbonyl (C=O) groups excluding carboxylic acids is 6. The standard InChI is InChI=1S/C43H46N2O6S.C26H34N2O4S.C22H33NO5/c1-2-36(47)17-11-3-4-12-18-39(48)44-35-25-23-34(24-26-35)42-49-37(27-38(50-42)31-21-19-30(28-46)20-22-31)29-52-43-45-40(32-13-7-5-8-14-32)41(51-43)33-15-9-6-10-16-33;1-2-21(29)12-8-3-4-9-13-25(30)28-26-31-22(19-33-23-14-16-27-17-15-23)18-24(32-26)20-10-6-5-7-11-20;1-3-18(24)13-9-4-5-10-14-21(25)23-22-27-19(16-26-2)15-20(28-22)17-11-7-6-8-12-17/h5-10,13-16,19-26,37-38,42,46H,2-4,11-12,17-18,27-29H2,1H3,(H,44,48);5-7,10-11,14-17,22,24,26H,2-4,8-9,12-13,18-19H2,1H3,(H,28,30);6-8,11-12,19-20,22H,3-5,9-10,13-16H2,1-2H3,(H,23,25). The number of hydrogen-bond donors (Lipinski definition) is 4. The number of aromatic nitrogens is 2. The van der Waals surface area contributed by atoms with E-state index in [1.165, 1.54) is 11.8 Å². The predicted molar refractivity (Wildman–Crippen MR) is 441 cm³/mol. The molecule has 11 rings (SSSR count). The van der Waals surface area contributed by atoms with Gasteiger partial charge in [-0.1, -0.05) is 229 Å². The molecule has 3 aliphatic rings. The zero-order valence-corrected chi connectivity index (χ0v) is 67.5. The number of amides is 3. The van der Waals surface area contributed by atoms with Gasteiger partial charge in [-0.2, -0.15) is 0 Å². The molecule has 0 spiro atoms. The molecule has 113 heavy (non-hydrogen) atoms. The summed E-state index contributed by atoms with van der Waals surface area (Å²) in [6, 6.07) is 59.5. The minimum atomic E-state index is -0.770. The molecule has 20 nitrogen and oxygen atoms in total. The number of Topliss-reactive ketones (excluding diaryl/α,β-unsaturated/α-hetero) is 3. The molecule has 0 aliphatic carbocycles. The first kappa shape index (κ1) is 88.4. The summed E-state index contributed by atoms with van der Waals surface area (Å²) in [4.78, 5) is 81.6. The second-order valence-electron chi connectivity index (χ2n) is 28.4. The zero-order chi connectivity index (χ0) is 79.6. The SMILES string of the molecule is CCC(=O)CCCCCCC(=O)NC1OC(COC)CC(c2ccccc2)O1.CCC(=O)CCCCCCC(=O)NC1OC(CSc2ccncc2)CC(c2ccccc2)O1.CCC(=O)CCCCCCC(=O)Nc1ccc(C2OC(CSc3nc(-c4ccccc4)c(-c4ccccc4)o3)CC(c3ccc(CO)cc3)O2)cc1. The van der Waals surface area contributed by atoms with E-state index in [0.717, 1.165) is 145 Å². The van der Waals surface area contributed by atoms with Crippen LogP contribution in [0.5, 0.6) is 0 Å². The second kappa shape index (κ2) is 50.0. The number of aliphatic hydroxyl groups is 1. The fourth-order valence-corrected chi connectivity index (χ4v) is 15.0. The van der Waals surface area contributed by atoms with E-state index >= 15 is 0 Å². The number of oxazole rings is 1. The third-order valence-electron chi connectivity index (χ3n) is 19.7. The molecule has 5 heterocycles. The highest BCUT2D eigenvalue weighted by atomic mass is 32.2. The van der Waals surface area contributed by atoms with Crippen LogP contribution >= 0.6 is 23.5 Å². The van der Waals surface area contributed by atoms with Crippen LogP contribution in [0, 0.1) is 0 Å². The fourth-order valence-electron chi connectivity index (χ4n) is 13.2. The number of benzene rings is 6. The van der Waals surface area contributed by atoms with Crippen LogP contribution in [0.3, 0.4) is 0 Å². The first-order valence-electron chi connectivity index (χ1n) is 40.3. The summed E-state index contributed by atoms with van der Waals surface area (Å²) in [7, 11) is 1.64. The van der Waals surface area contributed by atoms with Gasteiger partial charge in [0.25, 0.3) is 5.22 Å². The molecule has 3 aliphatic heterocycles. The molecular weight excluding hydrogens is 1470 g/mol. The second-order valence-corrected chi connectivity index (χ2v) is 30.5. The number of nitrogens with one attached hydrogen (secondary N) is 3. The molecule has 0 saturated carbocycles. The average Bonchev–Trinajstić information content (AvgIpc) is 1.70. The van der Waals surface area contributed by atoms with E-state index in [0.29, 0.717) is 111 Å². The van der Waals surface area contributed by atoms with Gasteiger partial charge in [0.15, 0.2) is 12.1 Å². The fraction of sp³-hybridized carbons (Fsp3) is 0.451. The largest absolute Gasteiger partial charge is 0.431 e. The highest BCUT2D eigenvalue weighted by molar-refractivity contribution is 7.99. The molecule has 8 aromatic rings. The lowest BCUT2D eigenvalue weighted by molar-refractivity contribution is -0.262. The Morgan fingerprint density at radius 1 is 0.442 bits per heavy atom. The van der Waals surface area contributed by atoms with Crippen LogP contribution in [-0.4, -0.2) is 107 Å². The molecule has 604 valence electrons. The summed E-state index contributed by atoms with van der Waals surface area (Å²) < 4.78 is 48.7. The summed E-state index contributed by atoms with van der Waals surface area (Å²) >= 11 is 3.23. The molecule has 6 aromatic carbocycles. The molecule has 3 fully saturated rings. The third kappa shape index (κ3) is 31.7. The number of anilines is 1. The lowest BCUT2D eigenvalue weighted by atomic mass is 10.0. The number of aliphatic hydroxyl groups excluding tert-OH is 1. The van der Waals surface area contributed by atoms with Crippen LogP contribution in [0.2, 0.25) is 0 Å². The maximum Gasteiger partial charge on any atom is 0.256 e. The van der Waals surface area contributed by atoms with E-state index in [2.05, 4.69) is 20.9 Å². The number of methoxy groups -OCH3 is 1. The predicted octanol–water partition coefficient (Wildman–Crippen LogP) is 19.4. The topological polar surface area (TPSA) is 262 Å².